The first-order valence-corrected chi connectivity index (χ1v) is 6.74. The molecule has 20 heavy (non-hydrogen) atoms. The summed E-state index contributed by atoms with van der Waals surface area (Å²) in [6, 6.07) is 5.18. The number of anilines is 1. The maximum atomic E-state index is 12.3. The Morgan fingerprint density at radius 1 is 1.45 bits per heavy atom. The van der Waals surface area contributed by atoms with Gasteiger partial charge in [-0.1, -0.05) is 6.92 Å². The Labute approximate surface area is 118 Å². The summed E-state index contributed by atoms with van der Waals surface area (Å²) >= 11 is 0. The summed E-state index contributed by atoms with van der Waals surface area (Å²) in [6.45, 7) is 4.76. The lowest BCUT2D eigenvalue weighted by Gasteiger charge is -2.14. The predicted octanol–water partition coefficient (Wildman–Crippen LogP) is 2.99. The van der Waals surface area contributed by atoms with E-state index in [9.17, 15) is 4.79 Å². The van der Waals surface area contributed by atoms with Crippen molar-refractivity contribution >= 4 is 11.6 Å². The Balaban J connectivity index is 2.09. The van der Waals surface area contributed by atoms with Gasteiger partial charge in [-0.15, -0.1) is 0 Å². The Morgan fingerprint density at radius 2 is 2.30 bits per heavy atom. The van der Waals surface area contributed by atoms with Crippen LogP contribution < -0.4 is 10.6 Å². The lowest BCUT2D eigenvalue weighted by Crippen LogP contribution is -2.27. The number of hydrogen-bond donors (Lipinski definition) is 2. The third-order valence-electron chi connectivity index (χ3n) is 2.95. The predicted molar refractivity (Wildman–Crippen MR) is 77.6 cm³/mol. The van der Waals surface area contributed by atoms with Crippen LogP contribution in [-0.4, -0.2) is 17.4 Å². The fourth-order valence-corrected chi connectivity index (χ4v) is 1.88. The molecule has 0 bridgehead atoms. The van der Waals surface area contributed by atoms with E-state index in [4.69, 9.17) is 4.42 Å². The topological polar surface area (TPSA) is 67.2 Å². The van der Waals surface area contributed by atoms with E-state index in [2.05, 4.69) is 22.5 Å². The molecule has 106 valence electrons. The minimum Gasteiger partial charge on any atom is -0.467 e. The SMILES string of the molecule is CCCNc1cnccc1C(=O)NC(C)c1ccco1. The van der Waals surface area contributed by atoms with E-state index in [1.807, 2.05) is 13.0 Å². The maximum Gasteiger partial charge on any atom is 0.254 e. The van der Waals surface area contributed by atoms with Crippen molar-refractivity contribution in [3.8, 4) is 0 Å². The molecule has 0 saturated carbocycles. The molecule has 1 atom stereocenters. The summed E-state index contributed by atoms with van der Waals surface area (Å²) in [7, 11) is 0. The van der Waals surface area contributed by atoms with E-state index >= 15 is 0 Å². The highest BCUT2D eigenvalue weighted by Gasteiger charge is 2.16. The monoisotopic (exact) mass is 273 g/mol. The fourth-order valence-electron chi connectivity index (χ4n) is 1.88. The van der Waals surface area contributed by atoms with Crippen LogP contribution in [0.3, 0.4) is 0 Å². The summed E-state index contributed by atoms with van der Waals surface area (Å²) in [6.07, 6.45) is 5.86. The van der Waals surface area contributed by atoms with Crippen LogP contribution in [-0.2, 0) is 0 Å². The Morgan fingerprint density at radius 3 is 3.00 bits per heavy atom. The van der Waals surface area contributed by atoms with Crippen LogP contribution in [0.4, 0.5) is 5.69 Å². The minimum absolute atomic E-state index is 0.144. The summed E-state index contributed by atoms with van der Waals surface area (Å²) in [4.78, 5) is 16.4. The van der Waals surface area contributed by atoms with Gasteiger partial charge in [0.1, 0.15) is 5.76 Å². The van der Waals surface area contributed by atoms with Gasteiger partial charge in [-0.2, -0.15) is 0 Å². The van der Waals surface area contributed by atoms with Crippen molar-refractivity contribution in [1.82, 2.24) is 10.3 Å². The lowest BCUT2D eigenvalue weighted by atomic mass is 10.2. The van der Waals surface area contributed by atoms with Crippen molar-refractivity contribution in [2.24, 2.45) is 0 Å². The third kappa shape index (κ3) is 3.38. The average molecular weight is 273 g/mol. The van der Waals surface area contributed by atoms with Crippen molar-refractivity contribution in [3.63, 3.8) is 0 Å². The largest absolute Gasteiger partial charge is 0.467 e. The highest BCUT2D eigenvalue weighted by molar-refractivity contribution is 5.99. The molecule has 0 aromatic carbocycles. The molecular weight excluding hydrogens is 254 g/mol. The first-order valence-electron chi connectivity index (χ1n) is 6.74. The summed E-state index contributed by atoms with van der Waals surface area (Å²) in [5.41, 5.74) is 1.34. The standard InChI is InChI=1S/C15H19N3O2/c1-3-7-17-13-10-16-8-6-12(13)15(19)18-11(2)14-5-4-9-20-14/h4-6,8-11,17H,3,7H2,1-2H3,(H,18,19). The molecule has 1 unspecified atom stereocenters. The third-order valence-corrected chi connectivity index (χ3v) is 2.95. The van der Waals surface area contributed by atoms with E-state index in [0.29, 0.717) is 5.56 Å². The van der Waals surface area contributed by atoms with Gasteiger partial charge in [0, 0.05) is 12.7 Å². The lowest BCUT2D eigenvalue weighted by molar-refractivity contribution is 0.0936. The van der Waals surface area contributed by atoms with Gasteiger partial charge in [-0.3, -0.25) is 9.78 Å². The van der Waals surface area contributed by atoms with Crippen LogP contribution in [0, 0.1) is 0 Å². The Bertz CT molecular complexity index is 552. The van der Waals surface area contributed by atoms with Crippen molar-refractivity contribution in [2.45, 2.75) is 26.3 Å². The molecule has 2 N–H and O–H groups in total. The van der Waals surface area contributed by atoms with Crippen LogP contribution in [0.25, 0.3) is 0 Å². The Kier molecular flexibility index (Phi) is 4.76. The molecule has 0 spiro atoms. The first kappa shape index (κ1) is 14.1. The van der Waals surface area contributed by atoms with Crippen LogP contribution >= 0.6 is 0 Å². The molecule has 0 aliphatic rings. The van der Waals surface area contributed by atoms with Crippen molar-refractivity contribution < 1.29 is 9.21 Å². The van der Waals surface area contributed by atoms with Crippen molar-refractivity contribution in [2.75, 3.05) is 11.9 Å². The van der Waals surface area contributed by atoms with Gasteiger partial charge < -0.3 is 15.1 Å². The van der Waals surface area contributed by atoms with Crippen LogP contribution in [0.1, 0.15) is 42.4 Å². The normalized spacial score (nSPS) is 11.9. The summed E-state index contributed by atoms with van der Waals surface area (Å²) < 4.78 is 5.28. The van der Waals surface area contributed by atoms with Gasteiger partial charge in [-0.25, -0.2) is 0 Å². The second-order valence-corrected chi connectivity index (χ2v) is 4.56. The summed E-state index contributed by atoms with van der Waals surface area (Å²) in [5, 5.41) is 6.12. The molecular formula is C15H19N3O2. The minimum atomic E-state index is -0.176. The van der Waals surface area contributed by atoms with Crippen LogP contribution in [0.15, 0.2) is 41.3 Å². The number of carbonyl (C=O) groups excluding carboxylic acids is 1. The number of nitrogens with one attached hydrogen (secondary N) is 2. The molecule has 0 aliphatic heterocycles. The number of pyridine rings is 1. The molecule has 0 aliphatic carbocycles. The zero-order valence-corrected chi connectivity index (χ0v) is 11.7. The molecule has 5 nitrogen and oxygen atoms in total. The van der Waals surface area contributed by atoms with Crippen LogP contribution in [0.2, 0.25) is 0 Å². The molecule has 2 heterocycles. The van der Waals surface area contributed by atoms with E-state index < -0.39 is 0 Å². The Hall–Kier alpha value is -2.30. The second kappa shape index (κ2) is 6.75. The number of furan rings is 1. The number of amides is 1. The molecule has 1 amide bonds. The van der Waals surface area contributed by atoms with Gasteiger partial charge >= 0.3 is 0 Å². The van der Waals surface area contributed by atoms with Gasteiger partial charge in [0.25, 0.3) is 5.91 Å². The van der Waals surface area contributed by atoms with Gasteiger partial charge in [-0.05, 0) is 31.5 Å². The molecule has 2 rings (SSSR count). The van der Waals surface area contributed by atoms with E-state index in [1.54, 1.807) is 30.8 Å². The number of rotatable bonds is 6. The molecule has 2 aromatic heterocycles. The highest BCUT2D eigenvalue weighted by atomic mass is 16.3. The first-order chi connectivity index (χ1) is 9.72. The fraction of sp³-hybridized carbons (Fsp3) is 0.333. The van der Waals surface area contributed by atoms with Gasteiger partial charge in [0.2, 0.25) is 0 Å². The number of aromatic nitrogens is 1. The molecule has 0 fully saturated rings. The number of nitrogens with zero attached hydrogens (tertiary/aromatic N) is 1. The quantitative estimate of drug-likeness (QED) is 0.849. The molecule has 0 saturated heterocycles. The second-order valence-electron chi connectivity index (χ2n) is 4.56. The zero-order chi connectivity index (χ0) is 14.4. The highest BCUT2D eigenvalue weighted by Crippen LogP contribution is 2.17. The average Bonchev–Trinajstić information content (AvgIpc) is 2.99. The molecule has 5 heteroatoms. The maximum absolute atomic E-state index is 12.3. The van der Waals surface area contributed by atoms with Crippen LogP contribution in [0.5, 0.6) is 0 Å². The molecule has 0 radical (unpaired) electrons. The summed E-state index contributed by atoms with van der Waals surface area (Å²) in [5.74, 6) is 0.588. The van der Waals surface area contributed by atoms with Crippen molar-refractivity contribution in [3.05, 3.63) is 48.2 Å². The van der Waals surface area contributed by atoms with Crippen molar-refractivity contribution in [1.29, 1.82) is 0 Å². The van der Waals surface area contributed by atoms with Gasteiger partial charge in [0.05, 0.1) is 29.8 Å². The van der Waals surface area contributed by atoms with E-state index in [-0.39, 0.29) is 11.9 Å². The number of hydrogen-bond acceptors (Lipinski definition) is 4. The smallest absolute Gasteiger partial charge is 0.254 e. The van der Waals surface area contributed by atoms with E-state index in [1.165, 1.54) is 0 Å². The van der Waals surface area contributed by atoms with E-state index in [0.717, 1.165) is 24.4 Å². The van der Waals surface area contributed by atoms with Gasteiger partial charge in [0.15, 0.2) is 0 Å². The zero-order valence-electron chi connectivity index (χ0n) is 11.7. The number of carbonyl (C=O) groups is 1. The molecule has 2 aromatic rings.